The second-order valence-electron chi connectivity index (χ2n) is 3.11. The van der Waals surface area contributed by atoms with Crippen molar-refractivity contribution in [2.24, 2.45) is 0 Å². The van der Waals surface area contributed by atoms with Crippen molar-refractivity contribution in [1.29, 1.82) is 0 Å². The molecule has 1 aliphatic heterocycles. The molecule has 0 aromatic carbocycles. The van der Waals surface area contributed by atoms with E-state index in [1.54, 1.807) is 0 Å². The second-order valence-corrected chi connectivity index (χ2v) is 3.11. The zero-order valence-corrected chi connectivity index (χ0v) is 7.71. The number of carbonyl (C=O) groups excluding carboxylic acids is 1. The maximum Gasteiger partial charge on any atom is 0.302 e. The van der Waals surface area contributed by atoms with Crippen molar-refractivity contribution in [3.63, 3.8) is 0 Å². The fourth-order valence-electron chi connectivity index (χ4n) is 1.53. The molecule has 0 N–H and O–H groups in total. The maximum absolute atomic E-state index is 10.7. The molecule has 1 fully saturated rings. The van der Waals surface area contributed by atoms with E-state index in [-0.39, 0.29) is 18.2 Å². The molecule has 1 rings (SSSR count). The largest absolute Gasteiger partial charge is 0.460 e. The minimum atomic E-state index is -0.211. The van der Waals surface area contributed by atoms with Crippen LogP contribution in [0, 0.1) is 0 Å². The minimum absolute atomic E-state index is 0.0370. The molecule has 1 aliphatic rings. The van der Waals surface area contributed by atoms with Crippen LogP contribution in [-0.2, 0) is 14.3 Å². The Morgan fingerprint density at radius 3 is 2.92 bits per heavy atom. The van der Waals surface area contributed by atoms with Gasteiger partial charge in [-0.05, 0) is 19.3 Å². The molecule has 0 amide bonds. The van der Waals surface area contributed by atoms with Crippen LogP contribution in [-0.4, -0.2) is 24.8 Å². The third-order valence-electron chi connectivity index (χ3n) is 2.10. The van der Waals surface area contributed by atoms with Gasteiger partial charge in [-0.3, -0.25) is 4.79 Å². The molecule has 1 heterocycles. The van der Waals surface area contributed by atoms with Crippen LogP contribution in [0.5, 0.6) is 0 Å². The molecule has 0 aliphatic carbocycles. The molecule has 70 valence electrons. The molecule has 0 unspecified atom stereocenters. The smallest absolute Gasteiger partial charge is 0.302 e. The van der Waals surface area contributed by atoms with Gasteiger partial charge in [0.25, 0.3) is 0 Å². The minimum Gasteiger partial charge on any atom is -0.460 e. The van der Waals surface area contributed by atoms with Gasteiger partial charge in [0.05, 0.1) is 6.10 Å². The average Bonchev–Trinajstić information content (AvgIpc) is 2.51. The molecule has 0 spiro atoms. The lowest BCUT2D eigenvalue weighted by Gasteiger charge is -2.20. The van der Waals surface area contributed by atoms with Crippen LogP contribution in [0.1, 0.15) is 33.1 Å². The summed E-state index contributed by atoms with van der Waals surface area (Å²) in [4.78, 5) is 10.7. The van der Waals surface area contributed by atoms with E-state index >= 15 is 0 Å². The Morgan fingerprint density at radius 2 is 2.50 bits per heavy atom. The van der Waals surface area contributed by atoms with E-state index in [9.17, 15) is 4.79 Å². The van der Waals surface area contributed by atoms with Crippen molar-refractivity contribution in [3.8, 4) is 0 Å². The summed E-state index contributed by atoms with van der Waals surface area (Å²) in [6.07, 6.45) is 3.04. The third kappa shape index (κ3) is 2.48. The number of hydrogen-bond acceptors (Lipinski definition) is 3. The zero-order chi connectivity index (χ0) is 8.97. The molecular formula is C9H16O3. The molecule has 0 saturated carbocycles. The van der Waals surface area contributed by atoms with Crippen molar-refractivity contribution in [2.75, 3.05) is 6.61 Å². The summed E-state index contributed by atoms with van der Waals surface area (Å²) < 4.78 is 10.5. The highest BCUT2D eigenvalue weighted by molar-refractivity contribution is 5.66. The third-order valence-corrected chi connectivity index (χ3v) is 2.10. The van der Waals surface area contributed by atoms with E-state index in [1.807, 2.05) is 6.92 Å². The molecular weight excluding hydrogens is 156 g/mol. The molecule has 3 nitrogen and oxygen atoms in total. The quantitative estimate of drug-likeness (QED) is 0.605. The number of hydrogen-bond donors (Lipinski definition) is 0. The van der Waals surface area contributed by atoms with E-state index in [2.05, 4.69) is 0 Å². The van der Waals surface area contributed by atoms with Gasteiger partial charge in [0.15, 0.2) is 0 Å². The number of rotatable bonds is 3. The van der Waals surface area contributed by atoms with Gasteiger partial charge < -0.3 is 9.47 Å². The lowest BCUT2D eigenvalue weighted by atomic mass is 10.1. The standard InChI is InChI=1S/C9H16O3/c1-3-8(12-7(2)10)9-5-4-6-11-9/h8-9H,3-6H2,1-2H3/t8-,9-/m0/s1. The molecule has 12 heavy (non-hydrogen) atoms. The van der Waals surface area contributed by atoms with Crippen molar-refractivity contribution < 1.29 is 14.3 Å². The predicted octanol–water partition coefficient (Wildman–Crippen LogP) is 1.51. The van der Waals surface area contributed by atoms with Crippen LogP contribution >= 0.6 is 0 Å². The summed E-state index contributed by atoms with van der Waals surface area (Å²) in [5, 5.41) is 0. The lowest BCUT2D eigenvalue weighted by Crippen LogP contribution is -2.29. The summed E-state index contributed by atoms with van der Waals surface area (Å²) in [6, 6.07) is 0. The average molecular weight is 172 g/mol. The monoisotopic (exact) mass is 172 g/mol. The molecule has 2 atom stereocenters. The van der Waals surface area contributed by atoms with E-state index < -0.39 is 0 Å². The van der Waals surface area contributed by atoms with Crippen molar-refractivity contribution >= 4 is 5.97 Å². The molecule has 3 heteroatoms. The van der Waals surface area contributed by atoms with Gasteiger partial charge >= 0.3 is 5.97 Å². The van der Waals surface area contributed by atoms with Crippen LogP contribution in [0.3, 0.4) is 0 Å². The Hall–Kier alpha value is -0.570. The van der Waals surface area contributed by atoms with Crippen molar-refractivity contribution in [1.82, 2.24) is 0 Å². The molecule has 0 aromatic heterocycles. The van der Waals surface area contributed by atoms with E-state index in [0.717, 1.165) is 25.9 Å². The number of carbonyl (C=O) groups is 1. The van der Waals surface area contributed by atoms with Crippen molar-refractivity contribution in [3.05, 3.63) is 0 Å². The first-order chi connectivity index (χ1) is 5.74. The van der Waals surface area contributed by atoms with Crippen LogP contribution in [0.4, 0.5) is 0 Å². The lowest BCUT2D eigenvalue weighted by molar-refractivity contribution is -0.153. The SMILES string of the molecule is CC[C@H](OC(C)=O)[C@@H]1CCCO1. The van der Waals surface area contributed by atoms with Crippen LogP contribution < -0.4 is 0 Å². The highest BCUT2D eigenvalue weighted by atomic mass is 16.6. The van der Waals surface area contributed by atoms with Gasteiger partial charge in [0, 0.05) is 13.5 Å². The zero-order valence-electron chi connectivity index (χ0n) is 7.71. The predicted molar refractivity (Wildman–Crippen MR) is 44.8 cm³/mol. The van der Waals surface area contributed by atoms with Gasteiger partial charge in [0.1, 0.15) is 6.10 Å². The summed E-state index contributed by atoms with van der Waals surface area (Å²) in [5.41, 5.74) is 0. The van der Waals surface area contributed by atoms with Gasteiger partial charge in [-0.2, -0.15) is 0 Å². The molecule has 1 saturated heterocycles. The first kappa shape index (κ1) is 9.52. The summed E-state index contributed by atoms with van der Waals surface area (Å²) in [5.74, 6) is -0.211. The highest BCUT2D eigenvalue weighted by Crippen LogP contribution is 2.19. The van der Waals surface area contributed by atoms with Gasteiger partial charge in [-0.25, -0.2) is 0 Å². The van der Waals surface area contributed by atoms with Gasteiger partial charge in [-0.15, -0.1) is 0 Å². The van der Waals surface area contributed by atoms with Crippen LogP contribution in [0.25, 0.3) is 0 Å². The second kappa shape index (κ2) is 4.45. The Balaban J connectivity index is 2.37. The number of ether oxygens (including phenoxy) is 2. The Labute approximate surface area is 73.0 Å². The Kier molecular flexibility index (Phi) is 3.53. The van der Waals surface area contributed by atoms with Gasteiger partial charge in [-0.1, -0.05) is 6.92 Å². The van der Waals surface area contributed by atoms with Gasteiger partial charge in [0.2, 0.25) is 0 Å². The normalized spacial score (nSPS) is 25.3. The summed E-state index contributed by atoms with van der Waals surface area (Å²) in [6.45, 7) is 4.26. The Morgan fingerprint density at radius 1 is 1.75 bits per heavy atom. The fourth-order valence-corrected chi connectivity index (χ4v) is 1.53. The highest BCUT2D eigenvalue weighted by Gasteiger charge is 2.26. The molecule has 0 radical (unpaired) electrons. The fraction of sp³-hybridized carbons (Fsp3) is 0.889. The Bertz CT molecular complexity index is 150. The van der Waals surface area contributed by atoms with E-state index in [4.69, 9.17) is 9.47 Å². The van der Waals surface area contributed by atoms with Crippen LogP contribution in [0.2, 0.25) is 0 Å². The van der Waals surface area contributed by atoms with Crippen LogP contribution in [0.15, 0.2) is 0 Å². The number of esters is 1. The first-order valence-electron chi connectivity index (χ1n) is 4.53. The van der Waals surface area contributed by atoms with E-state index in [0.29, 0.717) is 0 Å². The molecule has 0 aromatic rings. The summed E-state index contributed by atoms with van der Waals surface area (Å²) in [7, 11) is 0. The summed E-state index contributed by atoms with van der Waals surface area (Å²) >= 11 is 0. The first-order valence-corrected chi connectivity index (χ1v) is 4.53. The van der Waals surface area contributed by atoms with Crippen molar-refractivity contribution in [2.45, 2.75) is 45.3 Å². The molecule has 0 bridgehead atoms. The van der Waals surface area contributed by atoms with E-state index in [1.165, 1.54) is 6.92 Å². The maximum atomic E-state index is 10.7. The topological polar surface area (TPSA) is 35.5 Å².